The highest BCUT2D eigenvalue weighted by Gasteiger charge is 2.52. The molecule has 1 rings (SSSR count). The number of rotatable bonds is 6. The first kappa shape index (κ1) is 25.1. The molecule has 0 unspecified atom stereocenters. The maximum atomic E-state index is 11.7. The van der Waals surface area contributed by atoms with Crippen molar-refractivity contribution in [2.75, 3.05) is 20.7 Å². The van der Waals surface area contributed by atoms with E-state index in [-0.39, 0.29) is 6.61 Å². The Morgan fingerprint density at radius 2 is 1.34 bits per heavy atom. The van der Waals surface area contributed by atoms with Gasteiger partial charge in [-0.05, 0) is 0 Å². The summed E-state index contributed by atoms with van der Waals surface area (Å²) in [6, 6.07) is 0. The molecule has 5 atom stereocenters. The highest BCUT2D eigenvalue weighted by Crippen LogP contribution is 2.35. The van der Waals surface area contributed by atoms with Gasteiger partial charge in [-0.15, -0.1) is 0 Å². The molecule has 1 fully saturated rings. The van der Waals surface area contributed by atoms with Gasteiger partial charge in [0.15, 0.2) is 23.7 Å². The Morgan fingerprint density at radius 1 is 0.862 bits per heavy atom. The van der Waals surface area contributed by atoms with E-state index in [1.165, 1.54) is 20.8 Å². The lowest BCUT2D eigenvalue weighted by Gasteiger charge is -2.44. The van der Waals surface area contributed by atoms with Crippen molar-refractivity contribution in [2.45, 2.75) is 57.5 Å². The summed E-state index contributed by atoms with van der Waals surface area (Å²) in [5.74, 6) is -2.59. The minimum absolute atomic E-state index is 0.274. The van der Waals surface area contributed by atoms with Crippen molar-refractivity contribution < 1.29 is 42.9 Å². The van der Waals surface area contributed by atoms with Crippen molar-refractivity contribution >= 4 is 52.2 Å². The fraction of sp³-hybridized carbons (Fsp3) is 0.706. The fourth-order valence-electron chi connectivity index (χ4n) is 2.49. The number of carbonyl (C=O) groups is 4. The van der Waals surface area contributed by atoms with Gasteiger partial charge in [0, 0.05) is 41.8 Å². The Balaban J connectivity index is 3.33. The van der Waals surface area contributed by atoms with E-state index in [0.717, 1.165) is 18.7 Å². The van der Waals surface area contributed by atoms with Crippen LogP contribution in [0, 0.1) is 0 Å². The van der Waals surface area contributed by atoms with E-state index in [0.29, 0.717) is 4.32 Å². The van der Waals surface area contributed by atoms with Gasteiger partial charge in [0.05, 0.1) is 0 Å². The third kappa shape index (κ3) is 8.15. The summed E-state index contributed by atoms with van der Waals surface area (Å²) < 4.78 is 27.3. The number of hydrogen-bond acceptors (Lipinski definition) is 11. The van der Waals surface area contributed by atoms with Crippen LogP contribution in [0.15, 0.2) is 0 Å². The van der Waals surface area contributed by atoms with Crippen LogP contribution >= 0.6 is 24.0 Å². The lowest BCUT2D eigenvalue weighted by molar-refractivity contribution is -0.237. The molecule has 1 heterocycles. The first-order valence-electron chi connectivity index (χ1n) is 8.60. The van der Waals surface area contributed by atoms with E-state index in [1.54, 1.807) is 19.0 Å². The van der Waals surface area contributed by atoms with Gasteiger partial charge in [-0.25, -0.2) is 0 Å². The van der Waals surface area contributed by atoms with Crippen LogP contribution in [0.1, 0.15) is 27.7 Å². The van der Waals surface area contributed by atoms with E-state index < -0.39 is 53.7 Å². The van der Waals surface area contributed by atoms with Crippen molar-refractivity contribution in [3.8, 4) is 0 Å². The first-order chi connectivity index (χ1) is 13.4. The van der Waals surface area contributed by atoms with Gasteiger partial charge in [0.2, 0.25) is 0 Å². The number of carbonyl (C=O) groups excluding carboxylic acids is 4. The molecule has 10 nitrogen and oxygen atoms in total. The summed E-state index contributed by atoms with van der Waals surface area (Å²) in [5.41, 5.74) is -0.912. The summed E-state index contributed by atoms with van der Waals surface area (Å²) >= 11 is 6.34. The molecule has 29 heavy (non-hydrogen) atoms. The topological polar surface area (TPSA) is 118 Å². The molecule has 0 bridgehead atoms. The van der Waals surface area contributed by atoms with Crippen LogP contribution in [-0.2, 0) is 42.9 Å². The zero-order valence-electron chi connectivity index (χ0n) is 17.0. The average Bonchev–Trinajstić information content (AvgIpc) is 2.56. The molecule has 0 amide bonds. The van der Waals surface area contributed by atoms with E-state index in [9.17, 15) is 19.2 Å². The highest BCUT2D eigenvalue weighted by atomic mass is 32.2. The average molecular weight is 452 g/mol. The zero-order chi connectivity index (χ0) is 22.3. The summed E-state index contributed by atoms with van der Waals surface area (Å²) in [4.78, 5) is 47.9. The smallest absolute Gasteiger partial charge is 0.303 e. The van der Waals surface area contributed by atoms with Gasteiger partial charge in [-0.1, -0.05) is 24.0 Å². The zero-order valence-corrected chi connectivity index (χ0v) is 18.7. The molecule has 0 saturated carbocycles. The Morgan fingerprint density at radius 3 is 1.79 bits per heavy atom. The number of nitrogens with zero attached hydrogens (tertiary/aromatic N) is 1. The molecule has 0 radical (unpaired) electrons. The summed E-state index contributed by atoms with van der Waals surface area (Å²) in [5, 5.41) is 0. The molecule has 164 valence electrons. The van der Waals surface area contributed by atoms with Gasteiger partial charge in [0.25, 0.3) is 0 Å². The highest BCUT2D eigenvalue weighted by molar-refractivity contribution is 8.23. The summed E-state index contributed by atoms with van der Waals surface area (Å²) in [6.07, 6.45) is -4.49. The van der Waals surface area contributed by atoms with E-state index in [4.69, 9.17) is 35.9 Å². The number of esters is 4. The normalized spacial score (nSPS) is 26.1. The molecule has 1 saturated heterocycles. The molecule has 0 spiro atoms. The SMILES string of the molecule is CC(=O)OC[C@@H]1O[C@H](SC(=S)N(C)C)[C@@H](OC(C)=O)[C@H](OC(C)=O)[C@H]1OC(C)=O. The Kier molecular flexibility index (Phi) is 9.80. The standard InChI is InChI=1S/C17H25NO9S2/c1-8(19)23-7-12-13(24-9(2)20)14(25-10(3)21)15(26-11(4)22)16(27-12)29-17(28)18(5)6/h12-16H,7H2,1-6H3/t12-,13-,14+,15-,16+/m0/s1. The van der Waals surface area contributed by atoms with Crippen molar-refractivity contribution in [1.29, 1.82) is 0 Å². The number of ether oxygens (including phenoxy) is 5. The Labute approximate surface area is 178 Å². The second kappa shape index (κ2) is 11.3. The monoisotopic (exact) mass is 451 g/mol. The maximum absolute atomic E-state index is 11.7. The number of thioether (sulfide) groups is 1. The lowest BCUT2D eigenvalue weighted by Crippen LogP contribution is -2.61. The molecule has 1 aliphatic rings. The van der Waals surface area contributed by atoms with Gasteiger partial charge >= 0.3 is 23.9 Å². The second-order valence-corrected chi connectivity index (χ2v) is 8.08. The quantitative estimate of drug-likeness (QED) is 0.320. The van der Waals surface area contributed by atoms with E-state index in [2.05, 4.69) is 0 Å². The van der Waals surface area contributed by atoms with Gasteiger partial charge in [-0.3, -0.25) is 19.2 Å². The molecule has 0 aromatic heterocycles. The van der Waals surface area contributed by atoms with Crippen LogP contribution in [0.2, 0.25) is 0 Å². The second-order valence-electron chi connectivity index (χ2n) is 6.35. The van der Waals surface area contributed by atoms with Crippen LogP contribution < -0.4 is 0 Å². The largest absolute Gasteiger partial charge is 0.463 e. The number of hydrogen-bond donors (Lipinski definition) is 0. The van der Waals surface area contributed by atoms with Gasteiger partial charge < -0.3 is 28.6 Å². The van der Waals surface area contributed by atoms with Crippen LogP contribution in [0.3, 0.4) is 0 Å². The fourth-order valence-corrected chi connectivity index (χ4v) is 3.73. The Hall–Kier alpha value is -1.92. The van der Waals surface area contributed by atoms with Crippen LogP contribution in [0.4, 0.5) is 0 Å². The molecule has 0 aliphatic carbocycles. The minimum Gasteiger partial charge on any atom is -0.463 e. The lowest BCUT2D eigenvalue weighted by atomic mass is 9.99. The molecule has 0 aromatic rings. The van der Waals surface area contributed by atoms with Crippen molar-refractivity contribution in [2.24, 2.45) is 0 Å². The molecule has 12 heteroatoms. The van der Waals surface area contributed by atoms with Crippen molar-refractivity contribution in [3.63, 3.8) is 0 Å². The number of thiocarbonyl (C=S) groups is 1. The van der Waals surface area contributed by atoms with Gasteiger partial charge in [-0.2, -0.15) is 0 Å². The van der Waals surface area contributed by atoms with Crippen LogP contribution in [0.25, 0.3) is 0 Å². The van der Waals surface area contributed by atoms with Crippen LogP contribution in [0.5, 0.6) is 0 Å². The third-order valence-corrected chi connectivity index (χ3v) is 5.36. The predicted octanol–water partition coefficient (Wildman–Crippen LogP) is 0.649. The molecular weight excluding hydrogens is 426 g/mol. The van der Waals surface area contributed by atoms with Crippen LogP contribution in [-0.4, -0.2) is 83.7 Å². The molecular formula is C17H25NO9S2. The maximum Gasteiger partial charge on any atom is 0.303 e. The van der Waals surface area contributed by atoms with E-state index in [1.807, 2.05) is 0 Å². The molecule has 0 aromatic carbocycles. The van der Waals surface area contributed by atoms with Crippen molar-refractivity contribution in [3.05, 3.63) is 0 Å². The first-order valence-corrected chi connectivity index (χ1v) is 9.89. The summed E-state index contributed by atoms with van der Waals surface area (Å²) in [7, 11) is 3.45. The van der Waals surface area contributed by atoms with Gasteiger partial charge in [0.1, 0.15) is 17.0 Å². The Bertz CT molecular complexity index is 655. The third-order valence-electron chi connectivity index (χ3n) is 3.53. The van der Waals surface area contributed by atoms with E-state index >= 15 is 0 Å². The molecule has 0 N–H and O–H groups in total. The minimum atomic E-state index is -1.20. The van der Waals surface area contributed by atoms with Crippen molar-refractivity contribution in [1.82, 2.24) is 4.90 Å². The summed E-state index contributed by atoms with van der Waals surface area (Å²) in [6.45, 7) is 4.45. The predicted molar refractivity (Wildman–Crippen MR) is 106 cm³/mol. The molecule has 1 aliphatic heterocycles.